The summed E-state index contributed by atoms with van der Waals surface area (Å²) in [7, 11) is 0. The van der Waals surface area contributed by atoms with Gasteiger partial charge in [-0.15, -0.1) is 0 Å². The van der Waals surface area contributed by atoms with Gasteiger partial charge in [0.05, 0.1) is 11.6 Å². The van der Waals surface area contributed by atoms with Gasteiger partial charge in [0.15, 0.2) is 0 Å². The quantitative estimate of drug-likeness (QED) is 0.557. The molecule has 3 saturated heterocycles. The molecule has 3 aliphatic heterocycles. The number of alkyl halides is 3. The lowest BCUT2D eigenvalue weighted by Crippen LogP contribution is -2.53. The number of carbonyl (C=O) groups excluding carboxylic acids is 1. The molecule has 2 aromatic carbocycles. The third-order valence-electron chi connectivity index (χ3n) is 7.61. The molecular weight excluding hydrogens is 448 g/mol. The van der Waals surface area contributed by atoms with Gasteiger partial charge >= 0.3 is 12.3 Å². The van der Waals surface area contributed by atoms with E-state index in [-0.39, 0.29) is 23.1 Å². The zero-order valence-electron chi connectivity index (χ0n) is 19.2. The highest BCUT2D eigenvalue weighted by Crippen LogP contribution is 2.46. The number of hydrogen-bond donors (Lipinski definition) is 1. The van der Waals surface area contributed by atoms with E-state index in [9.17, 15) is 22.4 Å². The van der Waals surface area contributed by atoms with E-state index in [2.05, 4.69) is 10.2 Å². The maximum absolute atomic E-state index is 14.5. The van der Waals surface area contributed by atoms with Crippen LogP contribution in [0.2, 0.25) is 0 Å². The predicted octanol–water partition coefficient (Wildman–Crippen LogP) is 5.96. The first-order chi connectivity index (χ1) is 16.0. The van der Waals surface area contributed by atoms with Gasteiger partial charge in [0, 0.05) is 12.1 Å². The number of hydrogen-bond acceptors (Lipinski definition) is 3. The highest BCUT2D eigenvalue weighted by Gasteiger charge is 2.42. The van der Waals surface area contributed by atoms with Crippen LogP contribution in [0.5, 0.6) is 0 Å². The topological polar surface area (TPSA) is 41.6 Å². The molecule has 3 fully saturated rings. The molecule has 1 N–H and O–H groups in total. The van der Waals surface area contributed by atoms with Gasteiger partial charge in [-0.1, -0.05) is 38.1 Å². The molecule has 8 heteroatoms. The third kappa shape index (κ3) is 4.28. The maximum atomic E-state index is 14.5. The number of carbonyl (C=O) groups is 1. The number of piperidine rings is 3. The fourth-order valence-electron chi connectivity index (χ4n) is 5.75. The van der Waals surface area contributed by atoms with Crippen molar-refractivity contribution >= 4 is 6.09 Å². The fraction of sp³-hybridized carbons (Fsp3) is 0.500. The molecular formula is C26H28F4N2O2. The Kier molecular flexibility index (Phi) is 5.62. The van der Waals surface area contributed by atoms with E-state index >= 15 is 0 Å². The van der Waals surface area contributed by atoms with Gasteiger partial charge in [-0.05, 0) is 72.5 Å². The van der Waals surface area contributed by atoms with Crippen molar-refractivity contribution in [2.75, 3.05) is 19.6 Å². The molecule has 1 aliphatic carbocycles. The second kappa shape index (κ2) is 8.26. The van der Waals surface area contributed by atoms with Crippen molar-refractivity contribution in [1.82, 2.24) is 10.2 Å². The van der Waals surface area contributed by atoms with Crippen molar-refractivity contribution in [1.29, 1.82) is 0 Å². The Hall–Kier alpha value is -2.61. The average Bonchev–Trinajstić information content (AvgIpc) is 3.02. The molecule has 0 saturated carbocycles. The predicted molar refractivity (Wildman–Crippen MR) is 120 cm³/mol. The number of ether oxygens (including phenoxy) is 1. The highest BCUT2D eigenvalue weighted by molar-refractivity contribution is 5.70. The number of halogens is 4. The van der Waals surface area contributed by atoms with Crippen molar-refractivity contribution in [3.8, 4) is 11.1 Å². The Labute approximate surface area is 196 Å². The Morgan fingerprint density at radius 2 is 1.85 bits per heavy atom. The first-order valence-corrected chi connectivity index (χ1v) is 11.7. The lowest BCUT2D eigenvalue weighted by molar-refractivity contribution is -0.137. The summed E-state index contributed by atoms with van der Waals surface area (Å²) in [6.07, 6.45) is -2.36. The number of nitrogens with zero attached hydrogens (tertiary/aromatic N) is 1. The van der Waals surface area contributed by atoms with Crippen LogP contribution in [0.3, 0.4) is 0 Å². The van der Waals surface area contributed by atoms with Crippen LogP contribution in [0.25, 0.3) is 11.1 Å². The first kappa shape index (κ1) is 23.1. The molecule has 1 amide bonds. The Morgan fingerprint density at radius 1 is 1.12 bits per heavy atom. The summed E-state index contributed by atoms with van der Waals surface area (Å²) in [5.74, 6) is -0.497. The van der Waals surface area contributed by atoms with Crippen LogP contribution in [0.1, 0.15) is 49.4 Å². The summed E-state index contributed by atoms with van der Waals surface area (Å²) in [6, 6.07) is 7.65. The van der Waals surface area contributed by atoms with Crippen molar-refractivity contribution in [3.63, 3.8) is 0 Å². The standard InChI is InChI=1S/C26H28F4N2O2/c1-25(2)13-17-11-16(19-6-4-18(12-21(19)27)26(28,29)30)3-5-20(17)23(25)31-24(33)34-22-14-32-9-7-15(22)8-10-32/h3-6,11-12,15,22-23H,7-10,13-14H2,1-2H3,(H,31,33)/t22-,23?/m0/s1. The molecule has 1 unspecified atom stereocenters. The largest absolute Gasteiger partial charge is 0.445 e. The van der Waals surface area contributed by atoms with Crippen LogP contribution in [-0.4, -0.2) is 36.7 Å². The molecule has 3 heterocycles. The normalized spacial score (nSPS) is 27.4. The zero-order chi connectivity index (χ0) is 24.3. The molecule has 182 valence electrons. The molecule has 0 radical (unpaired) electrons. The van der Waals surface area contributed by atoms with E-state index in [1.165, 1.54) is 6.07 Å². The minimum absolute atomic E-state index is 0.0866. The van der Waals surface area contributed by atoms with E-state index < -0.39 is 23.7 Å². The minimum atomic E-state index is -4.59. The van der Waals surface area contributed by atoms with Gasteiger partial charge in [0.25, 0.3) is 0 Å². The van der Waals surface area contributed by atoms with Crippen LogP contribution in [0.4, 0.5) is 22.4 Å². The van der Waals surface area contributed by atoms with Crippen LogP contribution < -0.4 is 5.32 Å². The number of nitrogens with one attached hydrogen (secondary N) is 1. The second-order valence-electron chi connectivity index (χ2n) is 10.4. The number of benzene rings is 2. The van der Waals surface area contributed by atoms with Crippen molar-refractivity contribution < 1.29 is 27.1 Å². The zero-order valence-corrected chi connectivity index (χ0v) is 19.2. The molecule has 2 aromatic rings. The van der Waals surface area contributed by atoms with E-state index in [4.69, 9.17) is 4.74 Å². The monoisotopic (exact) mass is 476 g/mol. The first-order valence-electron chi connectivity index (χ1n) is 11.7. The smallest absolute Gasteiger partial charge is 0.416 e. The summed E-state index contributed by atoms with van der Waals surface area (Å²) in [6.45, 7) is 7.01. The highest BCUT2D eigenvalue weighted by atomic mass is 19.4. The van der Waals surface area contributed by atoms with Gasteiger partial charge in [-0.2, -0.15) is 13.2 Å². The maximum Gasteiger partial charge on any atom is 0.416 e. The van der Waals surface area contributed by atoms with Gasteiger partial charge in [-0.25, -0.2) is 9.18 Å². The summed E-state index contributed by atoms with van der Waals surface area (Å²) in [5.41, 5.74) is 1.18. The van der Waals surface area contributed by atoms with Crippen LogP contribution in [-0.2, 0) is 17.3 Å². The van der Waals surface area contributed by atoms with E-state index in [1.807, 2.05) is 26.0 Å². The van der Waals surface area contributed by atoms with E-state index in [1.54, 1.807) is 6.07 Å². The van der Waals surface area contributed by atoms with Gasteiger partial charge in [0.2, 0.25) is 0 Å². The molecule has 0 aromatic heterocycles. The van der Waals surface area contributed by atoms with E-state index in [0.29, 0.717) is 24.0 Å². The molecule has 34 heavy (non-hydrogen) atoms. The number of rotatable bonds is 3. The van der Waals surface area contributed by atoms with Crippen LogP contribution in [0, 0.1) is 17.2 Å². The molecule has 4 aliphatic rings. The molecule has 2 bridgehead atoms. The average molecular weight is 477 g/mol. The lowest BCUT2D eigenvalue weighted by atomic mass is 9.85. The second-order valence-corrected chi connectivity index (χ2v) is 10.4. The number of amides is 1. The van der Waals surface area contributed by atoms with E-state index in [0.717, 1.165) is 49.7 Å². The number of fused-ring (bicyclic) bond motifs is 4. The Bertz CT molecular complexity index is 1110. The molecule has 4 nitrogen and oxygen atoms in total. The lowest BCUT2D eigenvalue weighted by Gasteiger charge is -2.44. The Morgan fingerprint density at radius 3 is 2.47 bits per heavy atom. The van der Waals surface area contributed by atoms with Crippen molar-refractivity contribution in [2.24, 2.45) is 11.3 Å². The molecule has 6 rings (SSSR count). The minimum Gasteiger partial charge on any atom is -0.445 e. The summed E-state index contributed by atoms with van der Waals surface area (Å²) in [4.78, 5) is 15.1. The van der Waals surface area contributed by atoms with Gasteiger partial charge in [-0.3, -0.25) is 4.90 Å². The summed E-state index contributed by atoms with van der Waals surface area (Å²) < 4.78 is 59.0. The summed E-state index contributed by atoms with van der Waals surface area (Å²) in [5, 5.41) is 3.05. The third-order valence-corrected chi connectivity index (χ3v) is 7.61. The summed E-state index contributed by atoms with van der Waals surface area (Å²) >= 11 is 0. The van der Waals surface area contributed by atoms with Gasteiger partial charge < -0.3 is 10.1 Å². The van der Waals surface area contributed by atoms with Crippen LogP contribution >= 0.6 is 0 Å². The Balaban J connectivity index is 1.34. The molecule has 0 spiro atoms. The van der Waals surface area contributed by atoms with Crippen LogP contribution in [0.15, 0.2) is 36.4 Å². The van der Waals surface area contributed by atoms with Crippen molar-refractivity contribution in [3.05, 3.63) is 58.9 Å². The SMILES string of the molecule is CC1(C)Cc2cc(-c3ccc(C(F)(F)F)cc3F)ccc2C1NC(=O)O[C@H]1CN2CCC1CC2. The number of alkyl carbamates (subject to hydrolysis) is 1. The van der Waals surface area contributed by atoms with Crippen molar-refractivity contribution in [2.45, 2.75) is 51.4 Å². The molecule has 2 atom stereocenters. The fourth-order valence-corrected chi connectivity index (χ4v) is 5.75. The van der Waals surface area contributed by atoms with Gasteiger partial charge in [0.1, 0.15) is 11.9 Å².